The predicted molar refractivity (Wildman–Crippen MR) is 249 cm³/mol. The minimum atomic E-state index is -1.57. The van der Waals surface area contributed by atoms with Crippen LogP contribution in [-0.2, 0) is 14.3 Å². The van der Waals surface area contributed by atoms with Gasteiger partial charge >= 0.3 is 0 Å². The number of rotatable bonds is 43. The smallest absolute Gasteiger partial charge is 0.220 e. The lowest BCUT2D eigenvalue weighted by Crippen LogP contribution is -2.60. The van der Waals surface area contributed by atoms with Gasteiger partial charge in [-0.05, 0) is 32.1 Å². The van der Waals surface area contributed by atoms with Crippen molar-refractivity contribution in [1.29, 1.82) is 0 Å². The molecule has 1 aliphatic rings. The van der Waals surface area contributed by atoms with E-state index in [1.807, 2.05) is 6.08 Å². The molecule has 0 radical (unpaired) electrons. The Morgan fingerprint density at radius 2 is 0.950 bits per heavy atom. The van der Waals surface area contributed by atoms with Crippen molar-refractivity contribution in [3.05, 3.63) is 24.3 Å². The predicted octanol–water partition coefficient (Wildman–Crippen LogP) is 11.5. The highest BCUT2D eigenvalue weighted by molar-refractivity contribution is 5.76. The second-order valence-corrected chi connectivity index (χ2v) is 18.0. The van der Waals surface area contributed by atoms with Crippen molar-refractivity contribution in [2.75, 3.05) is 13.2 Å². The molecule has 354 valence electrons. The quantitative estimate of drug-likeness (QED) is 0.0262. The van der Waals surface area contributed by atoms with Crippen LogP contribution in [-0.4, -0.2) is 87.5 Å². The van der Waals surface area contributed by atoms with E-state index in [4.69, 9.17) is 9.47 Å². The van der Waals surface area contributed by atoms with Crippen LogP contribution in [0, 0.1) is 0 Å². The number of amides is 1. The number of nitrogens with one attached hydrogen (secondary N) is 1. The van der Waals surface area contributed by atoms with E-state index in [9.17, 15) is 30.3 Å². The molecule has 1 saturated heterocycles. The van der Waals surface area contributed by atoms with Gasteiger partial charge in [0.15, 0.2) is 6.29 Å². The fraction of sp³-hybridized carbons (Fsp3) is 0.902. The average molecular weight is 852 g/mol. The van der Waals surface area contributed by atoms with Crippen molar-refractivity contribution in [2.45, 2.75) is 281 Å². The minimum absolute atomic E-state index is 0.184. The number of aliphatic hydroxyl groups excluding tert-OH is 5. The Kier molecular flexibility index (Phi) is 39.4. The molecule has 9 nitrogen and oxygen atoms in total. The zero-order valence-electron chi connectivity index (χ0n) is 39.0. The van der Waals surface area contributed by atoms with Gasteiger partial charge in [-0.25, -0.2) is 0 Å². The van der Waals surface area contributed by atoms with Crippen LogP contribution >= 0.6 is 0 Å². The van der Waals surface area contributed by atoms with E-state index in [-0.39, 0.29) is 12.5 Å². The second-order valence-electron chi connectivity index (χ2n) is 18.0. The van der Waals surface area contributed by atoms with Crippen molar-refractivity contribution in [3.8, 4) is 0 Å². The summed E-state index contributed by atoms with van der Waals surface area (Å²) in [6, 6.07) is -0.816. The second kappa shape index (κ2) is 41.7. The summed E-state index contributed by atoms with van der Waals surface area (Å²) in [7, 11) is 0. The number of ether oxygens (including phenoxy) is 2. The first-order valence-corrected chi connectivity index (χ1v) is 25.6. The molecule has 0 spiro atoms. The van der Waals surface area contributed by atoms with Crippen molar-refractivity contribution in [3.63, 3.8) is 0 Å². The highest BCUT2D eigenvalue weighted by Crippen LogP contribution is 2.23. The van der Waals surface area contributed by atoms with Crippen LogP contribution < -0.4 is 5.32 Å². The van der Waals surface area contributed by atoms with E-state index >= 15 is 0 Å². The molecule has 0 saturated carbocycles. The standard InChI is InChI=1S/C51H97NO8/c1-3-5-7-9-11-13-15-17-18-19-20-21-22-23-24-25-26-27-28-29-31-33-35-37-39-41-47(55)52-44(43-59-51-50(58)49(57)48(56)46(42-53)60-51)45(54)40-38-36-34-32-30-16-14-12-10-8-6-4-2/h30,32,38,40,44-46,48-51,53-54,56-58H,3-29,31,33-37,39,41-43H2,1-2H3,(H,52,55)/b32-30+,40-38+. The van der Waals surface area contributed by atoms with Crippen LogP contribution in [0.15, 0.2) is 24.3 Å². The van der Waals surface area contributed by atoms with Gasteiger partial charge in [-0.2, -0.15) is 0 Å². The van der Waals surface area contributed by atoms with E-state index in [2.05, 4.69) is 31.3 Å². The zero-order chi connectivity index (χ0) is 43.7. The summed E-state index contributed by atoms with van der Waals surface area (Å²) in [4.78, 5) is 13.0. The molecule has 1 aliphatic heterocycles. The summed E-state index contributed by atoms with van der Waals surface area (Å²) < 4.78 is 11.2. The Morgan fingerprint density at radius 1 is 0.550 bits per heavy atom. The van der Waals surface area contributed by atoms with Crippen molar-refractivity contribution in [1.82, 2.24) is 5.32 Å². The lowest BCUT2D eigenvalue weighted by molar-refractivity contribution is -0.302. The number of unbranched alkanes of at least 4 members (excludes halogenated alkanes) is 31. The SMILES string of the molecule is CCCCCCCC/C=C/CC/C=C/C(O)C(COC1OC(CO)C(O)C(O)C1O)NC(=O)CCCCCCCCCCCCCCCCCCCCCCCCCCC. The molecule has 1 rings (SSSR count). The van der Waals surface area contributed by atoms with Crippen molar-refractivity contribution >= 4 is 5.91 Å². The van der Waals surface area contributed by atoms with Crippen LogP contribution in [0.4, 0.5) is 0 Å². The Balaban J connectivity index is 2.21. The Hall–Kier alpha value is -1.33. The normalized spacial score (nSPS) is 20.7. The van der Waals surface area contributed by atoms with Gasteiger partial charge in [0.2, 0.25) is 5.91 Å². The first-order valence-electron chi connectivity index (χ1n) is 25.6. The number of aliphatic hydroxyl groups is 5. The first kappa shape index (κ1) is 56.7. The molecular weight excluding hydrogens is 755 g/mol. The van der Waals surface area contributed by atoms with Crippen LogP contribution in [0.1, 0.15) is 239 Å². The molecule has 7 atom stereocenters. The fourth-order valence-corrected chi connectivity index (χ4v) is 8.17. The number of allylic oxidation sites excluding steroid dienone is 3. The van der Waals surface area contributed by atoms with Crippen LogP contribution in [0.2, 0.25) is 0 Å². The molecule has 6 N–H and O–H groups in total. The van der Waals surface area contributed by atoms with Gasteiger partial charge < -0.3 is 40.3 Å². The molecular formula is C51H97NO8. The van der Waals surface area contributed by atoms with Crippen LogP contribution in [0.25, 0.3) is 0 Å². The highest BCUT2D eigenvalue weighted by atomic mass is 16.7. The summed E-state index contributed by atoms with van der Waals surface area (Å²) in [5.74, 6) is -0.184. The summed E-state index contributed by atoms with van der Waals surface area (Å²) in [5.41, 5.74) is 0. The summed E-state index contributed by atoms with van der Waals surface area (Å²) in [6.45, 7) is 3.76. The van der Waals surface area contributed by atoms with E-state index in [0.717, 1.165) is 38.5 Å². The molecule has 7 unspecified atom stereocenters. The van der Waals surface area contributed by atoms with Gasteiger partial charge in [0.05, 0.1) is 25.4 Å². The summed E-state index contributed by atoms with van der Waals surface area (Å²) in [5, 5.41) is 54.2. The lowest BCUT2D eigenvalue weighted by atomic mass is 9.99. The molecule has 0 aromatic carbocycles. The third kappa shape index (κ3) is 31.5. The van der Waals surface area contributed by atoms with E-state index in [1.165, 1.54) is 180 Å². The topological polar surface area (TPSA) is 149 Å². The molecule has 0 aromatic rings. The number of carbonyl (C=O) groups is 1. The molecule has 1 amide bonds. The maximum Gasteiger partial charge on any atom is 0.220 e. The Bertz CT molecular complexity index is 992. The monoisotopic (exact) mass is 852 g/mol. The third-order valence-corrected chi connectivity index (χ3v) is 12.3. The molecule has 0 aromatic heterocycles. The van der Waals surface area contributed by atoms with Crippen molar-refractivity contribution in [2.24, 2.45) is 0 Å². The summed E-state index contributed by atoms with van der Waals surface area (Å²) in [6.07, 6.45) is 43.9. The number of hydrogen-bond donors (Lipinski definition) is 6. The zero-order valence-corrected chi connectivity index (χ0v) is 39.0. The van der Waals surface area contributed by atoms with Gasteiger partial charge in [0, 0.05) is 6.42 Å². The molecule has 1 fully saturated rings. The maximum absolute atomic E-state index is 13.0. The molecule has 9 heteroatoms. The molecule has 60 heavy (non-hydrogen) atoms. The van der Waals surface area contributed by atoms with Crippen molar-refractivity contribution < 1.29 is 39.8 Å². The summed E-state index contributed by atoms with van der Waals surface area (Å²) >= 11 is 0. The highest BCUT2D eigenvalue weighted by Gasteiger charge is 2.44. The van der Waals surface area contributed by atoms with Gasteiger partial charge in [-0.3, -0.25) is 4.79 Å². The largest absolute Gasteiger partial charge is 0.394 e. The van der Waals surface area contributed by atoms with Gasteiger partial charge in [-0.15, -0.1) is 0 Å². The Morgan fingerprint density at radius 3 is 1.40 bits per heavy atom. The molecule has 0 aliphatic carbocycles. The van der Waals surface area contributed by atoms with Gasteiger partial charge in [0.25, 0.3) is 0 Å². The lowest BCUT2D eigenvalue weighted by Gasteiger charge is -2.40. The first-order chi connectivity index (χ1) is 29.3. The Labute approximate surface area is 369 Å². The van der Waals surface area contributed by atoms with Crippen LogP contribution in [0.5, 0.6) is 0 Å². The maximum atomic E-state index is 13.0. The average Bonchev–Trinajstić information content (AvgIpc) is 3.25. The van der Waals surface area contributed by atoms with Gasteiger partial charge in [-0.1, -0.05) is 224 Å². The van der Waals surface area contributed by atoms with Crippen LogP contribution in [0.3, 0.4) is 0 Å². The van der Waals surface area contributed by atoms with E-state index in [1.54, 1.807) is 6.08 Å². The van der Waals surface area contributed by atoms with E-state index in [0.29, 0.717) is 6.42 Å². The molecule has 1 heterocycles. The number of carbonyl (C=O) groups excluding carboxylic acids is 1. The fourth-order valence-electron chi connectivity index (χ4n) is 8.17. The van der Waals surface area contributed by atoms with Gasteiger partial charge in [0.1, 0.15) is 24.4 Å². The minimum Gasteiger partial charge on any atom is -0.394 e. The molecule has 0 bridgehead atoms. The van der Waals surface area contributed by atoms with E-state index < -0.39 is 49.5 Å². The third-order valence-electron chi connectivity index (χ3n) is 12.3. The number of hydrogen-bond acceptors (Lipinski definition) is 8.